The largest absolute Gasteiger partial charge is 0.391 e. The van der Waals surface area contributed by atoms with Crippen molar-refractivity contribution >= 4 is 39.6 Å². The highest BCUT2D eigenvalue weighted by Gasteiger charge is 2.37. The monoisotopic (exact) mass is 479 g/mol. The van der Waals surface area contributed by atoms with Crippen molar-refractivity contribution in [3.05, 3.63) is 54.0 Å². The smallest absolute Gasteiger partial charge is 0.335 e. The summed E-state index contributed by atoms with van der Waals surface area (Å²) in [5.74, 6) is 0.778. The fraction of sp³-hybridized carbons (Fsp3) is 0.429. The normalized spacial score (nSPS) is 24.9. The maximum Gasteiger partial charge on any atom is 0.335 e. The number of nitrogens with zero attached hydrogens (tertiary/aromatic N) is 3. The Kier molecular flexibility index (Phi) is 6.42. The maximum absolute atomic E-state index is 11.7. The van der Waals surface area contributed by atoms with E-state index in [0.717, 1.165) is 36.8 Å². The van der Waals surface area contributed by atoms with Crippen LogP contribution in [0.1, 0.15) is 42.5 Å². The molecule has 0 saturated heterocycles. The quantitative estimate of drug-likeness (QED) is 0.497. The summed E-state index contributed by atoms with van der Waals surface area (Å²) < 4.78 is 32.3. The molecule has 11 heteroatoms. The molecular weight excluding hydrogens is 454 g/mol. The molecule has 3 aromatic rings. The number of rotatable bonds is 6. The van der Waals surface area contributed by atoms with Crippen molar-refractivity contribution in [2.24, 2.45) is 0 Å². The van der Waals surface area contributed by atoms with Crippen LogP contribution in [0.4, 0.5) is 5.82 Å². The number of aliphatic hydroxyl groups excluding tert-OH is 1. The number of aryl methyl sites for hydroxylation is 1. The molecule has 0 radical (unpaired) electrons. The standard InChI is InChI=1S/C21H25N5O4S.ClH/c1-30-31(28,29)25-18-10-14(11-19(18)27)26-9-8-16-20(22-12-23-21(16)26)24-17-7-6-13-4-2-3-5-15(13)17;/h2-5,8-9,12,14,17-19,25,27H,6-7,10-11H2,1H3,(H,22,23,24);1H/t14-,17+,18+,19+;/m1./s1. The second kappa shape index (κ2) is 8.95. The highest BCUT2D eigenvalue weighted by Crippen LogP contribution is 2.37. The fourth-order valence-corrected chi connectivity index (χ4v) is 5.55. The van der Waals surface area contributed by atoms with Crippen molar-refractivity contribution in [3.63, 3.8) is 0 Å². The Balaban J connectivity index is 0.00000245. The molecule has 0 unspecified atom stereocenters. The second-order valence-electron chi connectivity index (χ2n) is 8.15. The van der Waals surface area contributed by atoms with E-state index in [9.17, 15) is 13.5 Å². The Bertz CT molecular complexity index is 1220. The number of aromatic nitrogens is 3. The average molecular weight is 480 g/mol. The lowest BCUT2D eigenvalue weighted by atomic mass is 10.1. The zero-order valence-corrected chi connectivity index (χ0v) is 19.1. The number of nitrogens with one attached hydrogen (secondary N) is 2. The lowest BCUT2D eigenvalue weighted by Crippen LogP contribution is -2.40. The third kappa shape index (κ3) is 4.20. The lowest BCUT2D eigenvalue weighted by molar-refractivity contribution is 0.154. The number of aliphatic hydroxyl groups is 1. The molecule has 172 valence electrons. The number of hydrogen-bond donors (Lipinski definition) is 3. The molecule has 0 bridgehead atoms. The van der Waals surface area contributed by atoms with E-state index in [4.69, 9.17) is 0 Å². The van der Waals surface area contributed by atoms with E-state index >= 15 is 0 Å². The number of anilines is 1. The van der Waals surface area contributed by atoms with Gasteiger partial charge >= 0.3 is 10.3 Å². The molecule has 32 heavy (non-hydrogen) atoms. The van der Waals surface area contributed by atoms with Gasteiger partial charge in [-0.2, -0.15) is 13.1 Å². The highest BCUT2D eigenvalue weighted by molar-refractivity contribution is 7.84. The first-order valence-electron chi connectivity index (χ1n) is 10.4. The van der Waals surface area contributed by atoms with Crippen LogP contribution in [0.5, 0.6) is 0 Å². The van der Waals surface area contributed by atoms with Gasteiger partial charge in [0, 0.05) is 12.2 Å². The van der Waals surface area contributed by atoms with Gasteiger partial charge in [0.15, 0.2) is 0 Å². The van der Waals surface area contributed by atoms with E-state index in [-0.39, 0.29) is 24.5 Å². The molecule has 9 nitrogen and oxygen atoms in total. The topological polar surface area (TPSA) is 118 Å². The third-order valence-corrected chi connectivity index (χ3v) is 7.40. The average Bonchev–Trinajstić information content (AvgIpc) is 3.46. The van der Waals surface area contributed by atoms with Gasteiger partial charge < -0.3 is 15.0 Å². The van der Waals surface area contributed by atoms with Gasteiger partial charge in [0.05, 0.1) is 30.7 Å². The van der Waals surface area contributed by atoms with Gasteiger partial charge in [-0.3, -0.25) is 4.18 Å². The van der Waals surface area contributed by atoms with Crippen LogP contribution in [0.2, 0.25) is 0 Å². The van der Waals surface area contributed by atoms with Gasteiger partial charge in [0.1, 0.15) is 17.8 Å². The molecule has 2 heterocycles. The molecule has 2 aromatic heterocycles. The Morgan fingerprint density at radius 2 is 2.00 bits per heavy atom. The van der Waals surface area contributed by atoms with Crippen LogP contribution in [0, 0.1) is 0 Å². The molecule has 1 saturated carbocycles. The SMILES string of the molecule is COS(=O)(=O)N[C@H]1C[C@@H](n2ccc3c(N[C@H]4CCc5ccccc54)ncnc32)C[C@@H]1O.Cl. The summed E-state index contributed by atoms with van der Waals surface area (Å²) >= 11 is 0. The van der Waals surface area contributed by atoms with Gasteiger partial charge in [0.2, 0.25) is 0 Å². The number of halogens is 1. The minimum absolute atomic E-state index is 0. The van der Waals surface area contributed by atoms with Crippen molar-refractivity contribution in [2.45, 2.75) is 49.9 Å². The zero-order valence-electron chi connectivity index (χ0n) is 17.5. The minimum Gasteiger partial charge on any atom is -0.391 e. The van der Waals surface area contributed by atoms with Crippen LogP contribution >= 0.6 is 12.4 Å². The Morgan fingerprint density at radius 1 is 1.19 bits per heavy atom. The van der Waals surface area contributed by atoms with Crippen molar-refractivity contribution in [2.75, 3.05) is 12.4 Å². The third-order valence-electron chi connectivity index (χ3n) is 6.37. The summed E-state index contributed by atoms with van der Waals surface area (Å²) in [6.45, 7) is 0. The van der Waals surface area contributed by atoms with E-state index in [1.54, 1.807) is 6.33 Å². The molecule has 0 spiro atoms. The van der Waals surface area contributed by atoms with Crippen LogP contribution in [-0.2, 0) is 20.9 Å². The Morgan fingerprint density at radius 3 is 2.81 bits per heavy atom. The van der Waals surface area contributed by atoms with Gasteiger partial charge in [0.25, 0.3) is 0 Å². The first-order valence-corrected chi connectivity index (χ1v) is 11.8. The number of hydrogen-bond acceptors (Lipinski definition) is 7. The first kappa shape index (κ1) is 22.9. The van der Waals surface area contributed by atoms with Crippen LogP contribution in [0.25, 0.3) is 11.0 Å². The molecule has 1 aromatic carbocycles. The molecule has 1 fully saturated rings. The van der Waals surface area contributed by atoms with Crippen LogP contribution < -0.4 is 10.0 Å². The van der Waals surface area contributed by atoms with E-state index < -0.39 is 22.4 Å². The fourth-order valence-electron chi connectivity index (χ4n) is 4.83. The molecule has 3 N–H and O–H groups in total. The van der Waals surface area contributed by atoms with Crippen LogP contribution in [0.3, 0.4) is 0 Å². The second-order valence-corrected chi connectivity index (χ2v) is 9.63. The predicted octanol–water partition coefficient (Wildman–Crippen LogP) is 2.50. The lowest BCUT2D eigenvalue weighted by Gasteiger charge is -2.17. The van der Waals surface area contributed by atoms with Crippen molar-refractivity contribution in [3.8, 4) is 0 Å². The summed E-state index contributed by atoms with van der Waals surface area (Å²) in [6, 6.07) is 9.93. The predicted molar refractivity (Wildman–Crippen MR) is 123 cm³/mol. The molecule has 0 aliphatic heterocycles. The van der Waals surface area contributed by atoms with Crippen molar-refractivity contribution < 1.29 is 17.7 Å². The van der Waals surface area contributed by atoms with Gasteiger partial charge in [-0.25, -0.2) is 9.97 Å². The van der Waals surface area contributed by atoms with Crippen molar-refractivity contribution in [1.29, 1.82) is 0 Å². The molecule has 2 aliphatic rings. The molecular formula is C21H26ClN5O4S. The maximum atomic E-state index is 11.7. The van der Waals surface area contributed by atoms with E-state index in [0.29, 0.717) is 12.8 Å². The molecule has 2 aliphatic carbocycles. The number of fused-ring (bicyclic) bond motifs is 2. The van der Waals surface area contributed by atoms with Crippen molar-refractivity contribution in [1.82, 2.24) is 19.3 Å². The summed E-state index contributed by atoms with van der Waals surface area (Å²) in [4.78, 5) is 8.95. The first-order chi connectivity index (χ1) is 14.9. The van der Waals surface area contributed by atoms with E-state index in [2.05, 4.69) is 48.5 Å². The molecule has 5 rings (SSSR count). The van der Waals surface area contributed by atoms with E-state index in [1.807, 2.05) is 16.8 Å². The summed E-state index contributed by atoms with van der Waals surface area (Å²) in [5.41, 5.74) is 3.43. The minimum atomic E-state index is -3.87. The van der Waals surface area contributed by atoms with Crippen LogP contribution in [-0.4, -0.2) is 47.3 Å². The summed E-state index contributed by atoms with van der Waals surface area (Å²) in [7, 11) is -2.78. The Labute approximate surface area is 192 Å². The Hall–Kier alpha value is -2.24. The van der Waals surface area contributed by atoms with Gasteiger partial charge in [-0.15, -0.1) is 12.4 Å². The van der Waals surface area contributed by atoms with Gasteiger partial charge in [-0.1, -0.05) is 24.3 Å². The van der Waals surface area contributed by atoms with E-state index in [1.165, 1.54) is 11.1 Å². The van der Waals surface area contributed by atoms with Gasteiger partial charge in [-0.05, 0) is 42.9 Å². The summed E-state index contributed by atoms with van der Waals surface area (Å²) in [6.07, 6.45) is 5.58. The zero-order chi connectivity index (χ0) is 21.6. The molecule has 0 amide bonds. The van der Waals surface area contributed by atoms with Crippen LogP contribution in [0.15, 0.2) is 42.9 Å². The molecule has 4 atom stereocenters. The summed E-state index contributed by atoms with van der Waals surface area (Å²) in [5, 5.41) is 14.9. The highest BCUT2D eigenvalue weighted by atomic mass is 35.5. The number of benzene rings is 1.